The Morgan fingerprint density at radius 2 is 0.236 bits per heavy atom. The Balaban J connectivity index is 0.000000212. The van der Waals surface area contributed by atoms with Crippen LogP contribution in [0.2, 0.25) is 0 Å². The van der Waals surface area contributed by atoms with Crippen LogP contribution >= 0.6 is 63.1 Å². The predicted molar refractivity (Wildman–Crippen MR) is 480 cm³/mol. The molecule has 10 aromatic rings. The first-order valence-electron chi connectivity index (χ1n) is 40.7. The summed E-state index contributed by atoms with van der Waals surface area (Å²) in [7, 11) is 0. The van der Waals surface area contributed by atoms with Crippen molar-refractivity contribution in [3.63, 3.8) is 0 Å². The molecule has 10 aromatic carbocycles. The lowest BCUT2D eigenvalue weighted by molar-refractivity contribution is 0.396. The molecule has 0 aliphatic heterocycles. The van der Waals surface area contributed by atoms with E-state index in [1.807, 2.05) is 0 Å². The van der Waals surface area contributed by atoms with Crippen molar-refractivity contribution in [1.29, 1.82) is 0 Å². The molecular weight excluding hydrogens is 1460 g/mol. The van der Waals surface area contributed by atoms with E-state index < -0.39 is 0 Å². The summed E-state index contributed by atoms with van der Waals surface area (Å²) in [6.45, 7) is 11.1. The van der Waals surface area contributed by atoms with Gasteiger partial charge in [-0.25, -0.2) is 0 Å². The Morgan fingerprint density at radius 3 is 0.318 bits per heavy atom. The van der Waals surface area contributed by atoms with Gasteiger partial charge in [-0.15, -0.1) is 63.1 Å². The summed E-state index contributed by atoms with van der Waals surface area (Å²) in [5.41, 5.74) is 22.4. The van der Waals surface area contributed by atoms with Gasteiger partial charge >= 0.3 is 0 Å². The minimum absolute atomic E-state index is 0. The maximum atomic E-state index is 4.37. The van der Waals surface area contributed by atoms with Crippen LogP contribution in [0, 0.1) is 0 Å². The fourth-order valence-electron chi connectivity index (χ4n) is 17.7. The highest BCUT2D eigenvalue weighted by Gasteiger charge is 2.28. The summed E-state index contributed by atoms with van der Waals surface area (Å²) in [6, 6.07) is 90.2. The number of halogens is 5. The third-order valence-corrected chi connectivity index (χ3v) is 26.2. The molecule has 5 aliphatic rings. The van der Waals surface area contributed by atoms with Crippen LogP contribution < -0.4 is 0 Å². The van der Waals surface area contributed by atoms with Crippen LogP contribution in [0.4, 0.5) is 23.5 Å². The molecule has 0 atom stereocenters. The Kier molecular flexibility index (Phi) is 40.3. The minimum atomic E-state index is 0. The van der Waals surface area contributed by atoms with Gasteiger partial charge < -0.3 is 0 Å². The van der Waals surface area contributed by atoms with Crippen LogP contribution in [0.1, 0.15) is 306 Å². The van der Waals surface area contributed by atoms with E-state index in [-0.39, 0.29) is 23.5 Å². The molecule has 0 radical (unpaired) electrons. The van der Waals surface area contributed by atoms with E-state index in [0.29, 0.717) is 0 Å². The highest BCUT2D eigenvalue weighted by molar-refractivity contribution is 7.81. The van der Waals surface area contributed by atoms with Crippen LogP contribution in [0.5, 0.6) is 0 Å². The Morgan fingerprint density at radius 1 is 0.155 bits per heavy atom. The predicted octanol–water partition coefficient (Wildman–Crippen LogP) is 30.7. The van der Waals surface area contributed by atoms with Crippen LogP contribution in [0.3, 0.4) is 0 Å². The average molecular weight is 1580 g/mol. The second-order valence-electron chi connectivity index (χ2n) is 31.2. The largest absolute Gasteiger partial charge is 0.269 e. The zero-order valence-corrected chi connectivity index (χ0v) is 70.3. The lowest BCUT2D eigenvalue weighted by Crippen LogP contribution is -2.12. The van der Waals surface area contributed by atoms with Crippen LogP contribution in [0.15, 0.2) is 267 Å². The summed E-state index contributed by atoms with van der Waals surface area (Å²) in [6.07, 6.45) is 32.0. The third kappa shape index (κ3) is 27.4. The van der Waals surface area contributed by atoms with Crippen molar-refractivity contribution in [1.82, 2.24) is 0 Å². The molecule has 0 amide bonds. The van der Waals surface area contributed by atoms with E-state index in [9.17, 15) is 0 Å². The molecule has 0 bridgehead atoms. The number of thiol groups is 5. The molecule has 10 heteroatoms. The van der Waals surface area contributed by atoms with Crippen LogP contribution in [-0.2, 0) is 32.1 Å². The van der Waals surface area contributed by atoms with Gasteiger partial charge in [0.05, 0.1) is 0 Å². The Labute approximate surface area is 686 Å². The van der Waals surface area contributed by atoms with E-state index in [1.54, 1.807) is 0 Å². The third-order valence-electron chi connectivity index (χ3n) is 24.8. The normalized spacial score (nSPS) is 21.2. The van der Waals surface area contributed by atoms with E-state index in [0.717, 1.165) is 116 Å². The molecule has 0 aromatic heterocycles. The lowest BCUT2D eigenvalue weighted by Gasteiger charge is -2.29. The summed E-state index contributed by atoms with van der Waals surface area (Å²) < 4.78 is 0. The van der Waals surface area contributed by atoms with Gasteiger partial charge in [-0.3, -0.25) is 23.5 Å². The first-order chi connectivity index (χ1) is 51.3. The second kappa shape index (κ2) is 48.0. The van der Waals surface area contributed by atoms with Gasteiger partial charge in [-0.2, -0.15) is 0 Å². The molecule has 5 aliphatic carbocycles. The SMILES string of the molecule is CCc1ccc(C2CCC(c3ccc(S)cc3)CC2)cc1.CCc1ccc(C2CCC(c3ccc(S)cc3)CC2)cc1.CCc1ccc(C2CCC(c3ccc(S)cc3)CC2)cc1.CCc1ccc(C2CCC(c3ccc(S)cc3)CC2)cc1.CCc1ccc(C2CCC(c3ccc(S)cc3)CC2)cc1.F.F.F.F.F. The van der Waals surface area contributed by atoms with Gasteiger partial charge in [0, 0.05) is 24.5 Å². The zero-order valence-electron chi connectivity index (χ0n) is 65.8. The standard InChI is InChI=1S/5C20H24S.5FH/c5*1-2-15-3-5-16(6-4-15)17-7-9-18(10-8-17)19-11-13-20(21)14-12-19;;;;;/h5*3-6,11-14,17-18,21H,2,7-10H2,1H3;5*1H. The topological polar surface area (TPSA) is 0 Å². The fraction of sp³-hybridized carbons (Fsp3) is 0.400. The minimum Gasteiger partial charge on any atom is -0.269 e. The molecule has 5 saturated carbocycles. The van der Waals surface area contributed by atoms with Crippen molar-refractivity contribution >= 4 is 63.1 Å². The number of hydrogen-bond donors (Lipinski definition) is 5. The Hall–Kier alpha value is -6.40. The van der Waals surface area contributed by atoms with Crippen molar-refractivity contribution in [2.75, 3.05) is 0 Å². The highest BCUT2D eigenvalue weighted by atomic mass is 32.1. The fourth-order valence-corrected chi connectivity index (χ4v) is 18.4. The van der Waals surface area contributed by atoms with Crippen molar-refractivity contribution in [3.05, 3.63) is 326 Å². The lowest BCUT2D eigenvalue weighted by atomic mass is 9.76. The van der Waals surface area contributed by atoms with E-state index in [1.165, 1.54) is 212 Å². The van der Waals surface area contributed by atoms with E-state index in [4.69, 9.17) is 0 Å². The number of aryl methyl sites for hydroxylation is 5. The quantitative estimate of drug-likeness (QED) is 0.0490. The van der Waals surface area contributed by atoms with Gasteiger partial charge in [0.2, 0.25) is 0 Å². The van der Waals surface area contributed by atoms with Crippen LogP contribution in [-0.4, -0.2) is 0 Å². The summed E-state index contributed by atoms with van der Waals surface area (Å²) in [5, 5.41) is 0. The molecule has 0 heterocycles. The van der Waals surface area contributed by atoms with Crippen molar-refractivity contribution in [2.24, 2.45) is 0 Å². The molecule has 0 unspecified atom stereocenters. The van der Waals surface area contributed by atoms with Gasteiger partial charge in [0.15, 0.2) is 0 Å². The molecule has 0 nitrogen and oxygen atoms in total. The van der Waals surface area contributed by atoms with Crippen molar-refractivity contribution in [2.45, 2.75) is 279 Å². The van der Waals surface area contributed by atoms with Crippen molar-refractivity contribution < 1.29 is 23.5 Å². The van der Waals surface area contributed by atoms with E-state index >= 15 is 0 Å². The Bertz CT molecular complexity index is 3460. The monoisotopic (exact) mass is 1580 g/mol. The number of hydrogen-bond acceptors (Lipinski definition) is 5. The van der Waals surface area contributed by atoms with Gasteiger partial charge in [0.25, 0.3) is 0 Å². The maximum Gasteiger partial charge on any atom is 0.00401 e. The highest BCUT2D eigenvalue weighted by Crippen LogP contribution is 2.46. The van der Waals surface area contributed by atoms with Gasteiger partial charge in [-0.05, 0) is 364 Å². The number of benzene rings is 10. The molecular formula is C100H125F5S5. The second-order valence-corrected chi connectivity index (χ2v) is 33.8. The molecule has 5 fully saturated rings. The van der Waals surface area contributed by atoms with Crippen LogP contribution in [0.25, 0.3) is 0 Å². The van der Waals surface area contributed by atoms with E-state index in [2.05, 4.69) is 340 Å². The summed E-state index contributed by atoms with van der Waals surface area (Å²) in [4.78, 5) is 5.29. The van der Waals surface area contributed by atoms with Crippen molar-refractivity contribution in [3.8, 4) is 0 Å². The first kappa shape index (κ1) is 92.5. The smallest absolute Gasteiger partial charge is 0.00401 e. The molecule has 0 saturated heterocycles. The summed E-state index contributed by atoms with van der Waals surface area (Å²) >= 11 is 21.9. The first-order valence-corrected chi connectivity index (χ1v) is 42.9. The summed E-state index contributed by atoms with van der Waals surface area (Å²) in [5.74, 6) is 7.51. The number of rotatable bonds is 15. The maximum absolute atomic E-state index is 4.37. The molecule has 110 heavy (non-hydrogen) atoms. The molecule has 0 spiro atoms. The average Bonchev–Trinajstić information content (AvgIpc) is 0.854. The molecule has 15 rings (SSSR count). The molecule has 590 valence electrons. The zero-order chi connectivity index (χ0) is 73.3. The van der Waals surface area contributed by atoms with Gasteiger partial charge in [-0.1, -0.05) is 217 Å². The molecule has 0 N–H and O–H groups in total. The van der Waals surface area contributed by atoms with Gasteiger partial charge in [0.1, 0.15) is 0 Å².